The zero-order chi connectivity index (χ0) is 16.9. The van der Waals surface area contributed by atoms with Crippen LogP contribution < -0.4 is 16.2 Å². The second kappa shape index (κ2) is 10.9. The summed E-state index contributed by atoms with van der Waals surface area (Å²) in [5.74, 6) is 1.02. The Kier molecular flexibility index (Phi) is 10.4. The van der Waals surface area contributed by atoms with Gasteiger partial charge in [-0.15, -0.1) is 24.8 Å². The Morgan fingerprint density at radius 1 is 1.08 bits per heavy atom. The van der Waals surface area contributed by atoms with E-state index in [1.807, 2.05) is 19.1 Å². The van der Waals surface area contributed by atoms with Crippen molar-refractivity contribution in [1.82, 2.24) is 4.72 Å². The molecular weight excluding hydrogens is 383 g/mol. The highest BCUT2D eigenvalue weighted by atomic mass is 35.5. The van der Waals surface area contributed by atoms with Crippen molar-refractivity contribution in [3.63, 3.8) is 0 Å². The Morgan fingerprint density at radius 2 is 1.60 bits per heavy atom. The van der Waals surface area contributed by atoms with E-state index >= 15 is 0 Å². The maximum atomic E-state index is 12.3. The molecule has 1 saturated carbocycles. The zero-order valence-corrected chi connectivity index (χ0v) is 16.8. The van der Waals surface area contributed by atoms with Gasteiger partial charge in [0.15, 0.2) is 5.96 Å². The molecule has 1 aromatic carbocycles. The largest absolute Gasteiger partial charge is 0.370 e. The molecule has 9 heteroatoms. The van der Waals surface area contributed by atoms with E-state index in [9.17, 15) is 8.42 Å². The number of rotatable bonds is 6. The van der Waals surface area contributed by atoms with E-state index in [0.717, 1.165) is 31.2 Å². The molecule has 1 aromatic rings. The standard InChI is InChI=1S/C16H26N4O2S.2ClH/c1-12-2-8-15(9-3-12)23(21,22)20-11-14-6-4-13(5-7-14)10-19-16(17)18;;/h2-3,8-9,13-14,20H,4-7,10-11H2,1H3,(H4,17,18,19);2*1H. The molecule has 2 rings (SSSR count). The highest BCUT2D eigenvalue weighted by Crippen LogP contribution is 2.28. The lowest BCUT2D eigenvalue weighted by molar-refractivity contribution is 0.280. The molecule has 1 aliphatic rings. The summed E-state index contributed by atoms with van der Waals surface area (Å²) < 4.78 is 27.3. The maximum absolute atomic E-state index is 12.3. The van der Waals surface area contributed by atoms with Crippen LogP contribution in [0.3, 0.4) is 0 Å². The normalized spacial score (nSPS) is 20.0. The third kappa shape index (κ3) is 7.81. The number of nitrogens with two attached hydrogens (primary N) is 2. The monoisotopic (exact) mass is 410 g/mol. The average Bonchev–Trinajstić information content (AvgIpc) is 2.52. The second-order valence-corrected chi connectivity index (χ2v) is 8.08. The molecule has 0 radical (unpaired) electrons. The fraction of sp³-hybridized carbons (Fsp3) is 0.562. The van der Waals surface area contributed by atoms with Gasteiger partial charge in [-0.2, -0.15) is 0 Å². The molecule has 1 fully saturated rings. The number of halogens is 2. The summed E-state index contributed by atoms with van der Waals surface area (Å²) in [5.41, 5.74) is 11.7. The number of benzene rings is 1. The predicted molar refractivity (Wildman–Crippen MR) is 107 cm³/mol. The molecule has 0 heterocycles. The molecule has 0 unspecified atom stereocenters. The Hall–Kier alpha value is -1.02. The van der Waals surface area contributed by atoms with Gasteiger partial charge in [0.2, 0.25) is 10.0 Å². The second-order valence-electron chi connectivity index (χ2n) is 6.32. The molecule has 0 atom stereocenters. The predicted octanol–water partition coefficient (Wildman–Crippen LogP) is 2.20. The van der Waals surface area contributed by atoms with Crippen LogP contribution in [0.5, 0.6) is 0 Å². The molecule has 0 saturated heterocycles. The first-order valence-electron chi connectivity index (χ1n) is 7.98. The van der Waals surface area contributed by atoms with E-state index in [-0.39, 0.29) is 30.8 Å². The zero-order valence-electron chi connectivity index (χ0n) is 14.3. The maximum Gasteiger partial charge on any atom is 0.240 e. The van der Waals surface area contributed by atoms with Crippen LogP contribution in [0.1, 0.15) is 31.2 Å². The SMILES string of the molecule is Cc1ccc(S(=O)(=O)NCC2CCC(CN=C(N)N)CC2)cc1.Cl.Cl. The number of sulfonamides is 1. The Labute approximate surface area is 162 Å². The molecule has 0 aromatic heterocycles. The summed E-state index contributed by atoms with van der Waals surface area (Å²) in [5, 5.41) is 0. The van der Waals surface area contributed by atoms with Crippen LogP contribution in [0.25, 0.3) is 0 Å². The van der Waals surface area contributed by atoms with Gasteiger partial charge >= 0.3 is 0 Å². The number of aryl methyl sites for hydroxylation is 1. The summed E-state index contributed by atoms with van der Waals surface area (Å²) in [6.07, 6.45) is 4.07. The summed E-state index contributed by atoms with van der Waals surface area (Å²) in [6.45, 7) is 3.10. The van der Waals surface area contributed by atoms with E-state index < -0.39 is 10.0 Å². The molecule has 25 heavy (non-hydrogen) atoms. The fourth-order valence-electron chi connectivity index (χ4n) is 2.88. The van der Waals surface area contributed by atoms with Crippen LogP contribution in [0, 0.1) is 18.8 Å². The average molecular weight is 411 g/mol. The summed E-state index contributed by atoms with van der Waals surface area (Å²) in [6, 6.07) is 6.90. The molecule has 6 nitrogen and oxygen atoms in total. The summed E-state index contributed by atoms with van der Waals surface area (Å²) >= 11 is 0. The van der Waals surface area contributed by atoms with Gasteiger partial charge in [-0.25, -0.2) is 13.1 Å². The lowest BCUT2D eigenvalue weighted by Crippen LogP contribution is -2.32. The molecular formula is C16H28Cl2N4O2S. The molecule has 5 N–H and O–H groups in total. The van der Waals surface area contributed by atoms with E-state index in [1.165, 1.54) is 0 Å². The Morgan fingerprint density at radius 3 is 2.12 bits per heavy atom. The summed E-state index contributed by atoms with van der Waals surface area (Å²) in [4.78, 5) is 4.39. The number of aliphatic imine (C=N–C) groups is 1. The molecule has 0 amide bonds. The first-order chi connectivity index (χ1) is 10.9. The number of nitrogens with zero attached hydrogens (tertiary/aromatic N) is 1. The van der Waals surface area contributed by atoms with Gasteiger partial charge in [0, 0.05) is 13.1 Å². The van der Waals surface area contributed by atoms with Crippen molar-refractivity contribution in [2.24, 2.45) is 28.3 Å². The molecule has 0 aliphatic heterocycles. The third-order valence-electron chi connectivity index (χ3n) is 4.39. The van der Waals surface area contributed by atoms with Gasteiger partial charge in [0.05, 0.1) is 4.90 Å². The number of hydrogen-bond acceptors (Lipinski definition) is 3. The van der Waals surface area contributed by atoms with Crippen molar-refractivity contribution in [3.8, 4) is 0 Å². The van der Waals surface area contributed by atoms with Crippen molar-refractivity contribution in [2.75, 3.05) is 13.1 Å². The quantitative estimate of drug-likeness (QED) is 0.492. The highest BCUT2D eigenvalue weighted by Gasteiger charge is 2.23. The van der Waals surface area contributed by atoms with Crippen LogP contribution in [0.15, 0.2) is 34.2 Å². The summed E-state index contributed by atoms with van der Waals surface area (Å²) in [7, 11) is -3.42. The number of guanidine groups is 1. The minimum absolute atomic E-state index is 0. The van der Waals surface area contributed by atoms with Crippen LogP contribution >= 0.6 is 24.8 Å². The molecule has 1 aliphatic carbocycles. The lowest BCUT2D eigenvalue weighted by atomic mass is 9.82. The lowest BCUT2D eigenvalue weighted by Gasteiger charge is -2.27. The van der Waals surface area contributed by atoms with Crippen molar-refractivity contribution < 1.29 is 8.42 Å². The van der Waals surface area contributed by atoms with Crippen molar-refractivity contribution in [2.45, 2.75) is 37.5 Å². The first-order valence-corrected chi connectivity index (χ1v) is 9.47. The van der Waals surface area contributed by atoms with Crippen LogP contribution in [-0.2, 0) is 10.0 Å². The Bertz CT molecular complexity index is 639. The molecule has 0 bridgehead atoms. The minimum Gasteiger partial charge on any atom is -0.370 e. The van der Waals surface area contributed by atoms with Crippen molar-refractivity contribution in [3.05, 3.63) is 29.8 Å². The number of hydrogen-bond donors (Lipinski definition) is 3. The molecule has 144 valence electrons. The van der Waals surface area contributed by atoms with Gasteiger partial charge in [-0.05, 0) is 56.6 Å². The van der Waals surface area contributed by atoms with E-state index in [0.29, 0.717) is 29.8 Å². The van der Waals surface area contributed by atoms with Gasteiger partial charge in [0.1, 0.15) is 0 Å². The minimum atomic E-state index is -3.42. The van der Waals surface area contributed by atoms with Crippen molar-refractivity contribution in [1.29, 1.82) is 0 Å². The van der Waals surface area contributed by atoms with E-state index in [4.69, 9.17) is 11.5 Å². The smallest absolute Gasteiger partial charge is 0.240 e. The van der Waals surface area contributed by atoms with E-state index in [1.54, 1.807) is 12.1 Å². The van der Waals surface area contributed by atoms with Gasteiger partial charge in [0.25, 0.3) is 0 Å². The van der Waals surface area contributed by atoms with Crippen molar-refractivity contribution >= 4 is 40.8 Å². The van der Waals surface area contributed by atoms with E-state index in [2.05, 4.69) is 9.71 Å². The first kappa shape index (κ1) is 24.0. The number of nitrogens with one attached hydrogen (secondary N) is 1. The third-order valence-corrected chi connectivity index (χ3v) is 5.83. The van der Waals surface area contributed by atoms with Gasteiger partial charge in [-0.3, -0.25) is 4.99 Å². The van der Waals surface area contributed by atoms with Crippen LogP contribution in [0.4, 0.5) is 0 Å². The Balaban J connectivity index is 0.00000288. The highest BCUT2D eigenvalue weighted by molar-refractivity contribution is 7.89. The fourth-order valence-corrected chi connectivity index (χ4v) is 4.00. The molecule has 0 spiro atoms. The van der Waals surface area contributed by atoms with Crippen LogP contribution in [-0.4, -0.2) is 27.5 Å². The van der Waals surface area contributed by atoms with Gasteiger partial charge in [-0.1, -0.05) is 17.7 Å². The van der Waals surface area contributed by atoms with Crippen LogP contribution in [0.2, 0.25) is 0 Å². The topological polar surface area (TPSA) is 111 Å². The van der Waals surface area contributed by atoms with Gasteiger partial charge < -0.3 is 11.5 Å².